The summed E-state index contributed by atoms with van der Waals surface area (Å²) < 4.78 is 43.2. The first-order valence-corrected chi connectivity index (χ1v) is 6.61. The van der Waals surface area contributed by atoms with Gasteiger partial charge in [-0.25, -0.2) is 0 Å². The second-order valence-corrected chi connectivity index (χ2v) is 4.86. The number of halogens is 3. The summed E-state index contributed by atoms with van der Waals surface area (Å²) in [6.07, 6.45) is -3.23. The van der Waals surface area contributed by atoms with Crippen molar-refractivity contribution in [1.29, 1.82) is 0 Å². The minimum atomic E-state index is -4.41. The fraction of sp³-hybridized carbons (Fsp3) is 0.429. The fourth-order valence-corrected chi connectivity index (χ4v) is 1.93. The maximum absolute atomic E-state index is 12.7. The normalized spacial score (nSPS) is 12.7. The number of nitrogens with two attached hydrogens (primary N) is 1. The van der Waals surface area contributed by atoms with Crippen LogP contribution in [-0.4, -0.2) is 10.1 Å². The van der Waals surface area contributed by atoms with Gasteiger partial charge < -0.3 is 10.3 Å². The van der Waals surface area contributed by atoms with Gasteiger partial charge in [0.05, 0.1) is 11.1 Å². The quantitative estimate of drug-likeness (QED) is 0.934. The highest BCUT2D eigenvalue weighted by Gasteiger charge is 2.32. The van der Waals surface area contributed by atoms with Crippen molar-refractivity contribution in [2.75, 3.05) is 0 Å². The highest BCUT2D eigenvalue weighted by molar-refractivity contribution is 5.55. The van der Waals surface area contributed by atoms with Gasteiger partial charge in [0.25, 0.3) is 0 Å². The van der Waals surface area contributed by atoms with Crippen molar-refractivity contribution in [1.82, 2.24) is 10.1 Å². The molecule has 0 fully saturated rings. The van der Waals surface area contributed by atoms with Crippen molar-refractivity contribution >= 4 is 0 Å². The maximum Gasteiger partial charge on any atom is 0.416 e. The number of hydrogen-bond donors (Lipinski definition) is 1. The molecular weight excluding hydrogens is 283 g/mol. The summed E-state index contributed by atoms with van der Waals surface area (Å²) in [5.41, 5.74) is 4.87. The predicted octanol–water partition coefficient (Wildman–Crippen LogP) is 3.73. The Morgan fingerprint density at radius 1 is 1.19 bits per heavy atom. The van der Waals surface area contributed by atoms with Gasteiger partial charge in [-0.15, -0.1) is 0 Å². The van der Waals surface area contributed by atoms with E-state index in [4.69, 9.17) is 10.3 Å². The number of hydrogen-bond acceptors (Lipinski definition) is 4. The van der Waals surface area contributed by atoms with E-state index < -0.39 is 17.3 Å². The van der Waals surface area contributed by atoms with Gasteiger partial charge >= 0.3 is 6.18 Å². The fourth-order valence-electron chi connectivity index (χ4n) is 1.93. The Morgan fingerprint density at radius 2 is 1.86 bits per heavy atom. The molecule has 1 heterocycles. The molecular formula is C14H16F3N3O. The summed E-state index contributed by atoms with van der Waals surface area (Å²) in [5.74, 6) is 0.340. The Bertz CT molecular complexity index is 618. The van der Waals surface area contributed by atoms with E-state index in [0.29, 0.717) is 12.8 Å². The van der Waals surface area contributed by atoms with Crippen LogP contribution in [0.5, 0.6) is 0 Å². The van der Waals surface area contributed by atoms with Crippen LogP contribution in [0.25, 0.3) is 11.4 Å². The Labute approximate surface area is 120 Å². The van der Waals surface area contributed by atoms with Crippen LogP contribution < -0.4 is 5.73 Å². The minimum Gasteiger partial charge on any atom is -0.337 e. The van der Waals surface area contributed by atoms with Gasteiger partial charge in [-0.3, -0.25) is 0 Å². The molecule has 2 N–H and O–H groups in total. The topological polar surface area (TPSA) is 64.9 Å². The third-order valence-corrected chi connectivity index (χ3v) is 3.56. The van der Waals surface area contributed by atoms with Crippen LogP contribution in [0, 0.1) is 0 Å². The van der Waals surface area contributed by atoms with Crippen LogP contribution in [-0.2, 0) is 11.7 Å². The van der Waals surface area contributed by atoms with Gasteiger partial charge in [0, 0.05) is 5.56 Å². The molecule has 2 rings (SSSR count). The third-order valence-electron chi connectivity index (χ3n) is 3.56. The SMILES string of the molecule is CCC(N)(CC)c1nc(-c2cccc(C(F)(F)F)c2)no1. The molecule has 0 radical (unpaired) electrons. The lowest BCUT2D eigenvalue weighted by Gasteiger charge is -2.20. The van der Waals surface area contributed by atoms with E-state index >= 15 is 0 Å². The average Bonchev–Trinajstić information content (AvgIpc) is 2.96. The lowest BCUT2D eigenvalue weighted by atomic mass is 9.94. The van der Waals surface area contributed by atoms with Crippen LogP contribution in [0.2, 0.25) is 0 Å². The van der Waals surface area contributed by atoms with E-state index in [0.717, 1.165) is 12.1 Å². The first kappa shape index (κ1) is 15.5. The lowest BCUT2D eigenvalue weighted by molar-refractivity contribution is -0.137. The molecule has 21 heavy (non-hydrogen) atoms. The Kier molecular flexibility index (Phi) is 4.04. The summed E-state index contributed by atoms with van der Waals surface area (Å²) in [6.45, 7) is 3.77. The first-order chi connectivity index (χ1) is 9.80. The molecule has 0 aliphatic carbocycles. The van der Waals surface area contributed by atoms with Crippen molar-refractivity contribution in [3.8, 4) is 11.4 Å². The standard InChI is InChI=1S/C14H16F3N3O/c1-3-13(18,4-2)12-19-11(20-21-12)9-6-5-7-10(8-9)14(15,16)17/h5-8H,3-4,18H2,1-2H3. The molecule has 1 aromatic carbocycles. The molecule has 0 atom stereocenters. The summed E-state index contributed by atoms with van der Waals surface area (Å²) in [5, 5.41) is 3.74. The lowest BCUT2D eigenvalue weighted by Crippen LogP contribution is -2.35. The van der Waals surface area contributed by atoms with Crippen LogP contribution in [0.3, 0.4) is 0 Å². The number of alkyl halides is 3. The van der Waals surface area contributed by atoms with Crippen LogP contribution >= 0.6 is 0 Å². The summed E-state index contributed by atoms with van der Waals surface area (Å²) in [7, 11) is 0. The van der Waals surface area contributed by atoms with Gasteiger partial charge in [0.15, 0.2) is 0 Å². The van der Waals surface area contributed by atoms with Crippen LogP contribution in [0.4, 0.5) is 13.2 Å². The largest absolute Gasteiger partial charge is 0.416 e. The van der Waals surface area contributed by atoms with E-state index in [1.807, 2.05) is 13.8 Å². The van der Waals surface area contributed by atoms with Crippen molar-refractivity contribution in [3.63, 3.8) is 0 Å². The molecule has 4 nitrogen and oxygen atoms in total. The van der Waals surface area contributed by atoms with E-state index in [-0.39, 0.29) is 17.3 Å². The third kappa shape index (κ3) is 3.07. The average molecular weight is 299 g/mol. The van der Waals surface area contributed by atoms with Crippen LogP contribution in [0.1, 0.15) is 38.1 Å². The van der Waals surface area contributed by atoms with Gasteiger partial charge in [0.1, 0.15) is 0 Å². The van der Waals surface area contributed by atoms with Gasteiger partial charge in [-0.05, 0) is 25.0 Å². The molecule has 114 valence electrons. The van der Waals surface area contributed by atoms with Gasteiger partial charge in [0.2, 0.25) is 11.7 Å². The van der Waals surface area contributed by atoms with E-state index in [9.17, 15) is 13.2 Å². The second-order valence-electron chi connectivity index (χ2n) is 4.86. The van der Waals surface area contributed by atoms with Gasteiger partial charge in [-0.2, -0.15) is 18.2 Å². The van der Waals surface area contributed by atoms with E-state index in [2.05, 4.69) is 10.1 Å². The zero-order valence-corrected chi connectivity index (χ0v) is 11.7. The molecule has 0 spiro atoms. The summed E-state index contributed by atoms with van der Waals surface area (Å²) in [4.78, 5) is 4.15. The zero-order valence-electron chi connectivity index (χ0n) is 11.7. The van der Waals surface area contributed by atoms with Crippen molar-refractivity contribution in [2.45, 2.75) is 38.4 Å². The number of rotatable bonds is 4. The summed E-state index contributed by atoms with van der Waals surface area (Å²) >= 11 is 0. The van der Waals surface area contributed by atoms with Crippen molar-refractivity contribution in [2.24, 2.45) is 5.73 Å². The number of nitrogens with zero attached hydrogens (tertiary/aromatic N) is 2. The van der Waals surface area contributed by atoms with Gasteiger partial charge in [-0.1, -0.05) is 31.1 Å². The Morgan fingerprint density at radius 3 is 2.43 bits per heavy atom. The molecule has 7 heteroatoms. The predicted molar refractivity (Wildman–Crippen MR) is 71.2 cm³/mol. The molecule has 2 aromatic rings. The molecule has 0 amide bonds. The Balaban J connectivity index is 2.39. The Hall–Kier alpha value is -1.89. The van der Waals surface area contributed by atoms with E-state index in [1.54, 1.807) is 0 Å². The molecule has 0 saturated heterocycles. The molecule has 1 aromatic heterocycles. The van der Waals surface area contributed by atoms with Crippen molar-refractivity contribution < 1.29 is 17.7 Å². The minimum absolute atomic E-state index is 0.104. The van der Waals surface area contributed by atoms with E-state index in [1.165, 1.54) is 12.1 Å². The molecule has 0 saturated carbocycles. The zero-order chi connectivity index (χ0) is 15.7. The summed E-state index contributed by atoms with van der Waals surface area (Å²) in [6, 6.07) is 4.80. The second kappa shape index (κ2) is 5.48. The number of aromatic nitrogens is 2. The highest BCUT2D eigenvalue weighted by Crippen LogP contribution is 2.32. The monoisotopic (exact) mass is 299 g/mol. The van der Waals surface area contributed by atoms with Crippen molar-refractivity contribution in [3.05, 3.63) is 35.7 Å². The molecule has 0 bridgehead atoms. The maximum atomic E-state index is 12.7. The molecule has 0 unspecified atom stereocenters. The first-order valence-electron chi connectivity index (χ1n) is 6.61. The smallest absolute Gasteiger partial charge is 0.337 e. The number of benzene rings is 1. The molecule has 0 aliphatic heterocycles. The van der Waals surface area contributed by atoms with Crippen LogP contribution in [0.15, 0.2) is 28.8 Å². The molecule has 0 aliphatic rings. The highest BCUT2D eigenvalue weighted by atomic mass is 19.4.